The molecule has 1 heterocycles. The van der Waals surface area contributed by atoms with E-state index >= 15 is 0 Å². The van der Waals surface area contributed by atoms with Crippen molar-refractivity contribution in [2.24, 2.45) is 0 Å². The largest absolute Gasteiger partial charge is 0.572 e. The summed E-state index contributed by atoms with van der Waals surface area (Å²) in [6.45, 7) is 9.65. The summed E-state index contributed by atoms with van der Waals surface area (Å²) in [7, 11) is -2.12. The Morgan fingerprint density at radius 3 is 2.48 bits per heavy atom. The maximum absolute atomic E-state index is 12.6. The molecule has 0 radical (unpaired) electrons. The molecule has 0 atom stereocenters. The third-order valence-electron chi connectivity index (χ3n) is 4.06. The van der Waals surface area contributed by atoms with E-state index in [-0.39, 0.29) is 17.5 Å². The fraction of sp³-hybridized carbons (Fsp3) is 0.350. The molecule has 0 fully saturated rings. The first kappa shape index (κ1) is 24.3. The Bertz CT molecular complexity index is 1130. The van der Waals surface area contributed by atoms with Crippen molar-refractivity contribution in [3.63, 3.8) is 0 Å². The van der Waals surface area contributed by atoms with Crippen LogP contribution in [-0.4, -0.2) is 36.5 Å². The zero-order valence-electron chi connectivity index (χ0n) is 17.7. The highest BCUT2D eigenvalue weighted by Gasteiger charge is 2.33. The minimum Gasteiger partial charge on any atom is -0.426 e. The van der Waals surface area contributed by atoms with Crippen molar-refractivity contribution in [3.05, 3.63) is 54.5 Å². The Kier molecular flexibility index (Phi) is 6.79. The van der Waals surface area contributed by atoms with Crippen LogP contribution < -0.4 is 9.04 Å². The lowest BCUT2D eigenvalue weighted by Crippen LogP contribution is -2.40. The van der Waals surface area contributed by atoms with E-state index in [4.69, 9.17) is 4.74 Å². The Balaban J connectivity index is 2.14. The summed E-state index contributed by atoms with van der Waals surface area (Å²) < 4.78 is 71.0. The van der Waals surface area contributed by atoms with Crippen LogP contribution in [0.15, 0.2) is 54.5 Å². The van der Waals surface area contributed by atoms with E-state index in [1.165, 1.54) is 23.5 Å². The number of nitrogens with zero attached hydrogens (tertiary/aromatic N) is 2. The second kappa shape index (κ2) is 8.66. The van der Waals surface area contributed by atoms with E-state index < -0.39 is 21.1 Å². The molecule has 1 N–H and O–H groups in total. The summed E-state index contributed by atoms with van der Waals surface area (Å²) in [5, 5.41) is 0. The number of aromatic amines is 1. The molecule has 0 saturated heterocycles. The lowest BCUT2D eigenvalue weighted by molar-refractivity contribution is -0.305. The lowest BCUT2D eigenvalue weighted by atomic mass is 10.3. The number of H-pyrrole nitrogens is 1. The number of sulfonamides is 1. The van der Waals surface area contributed by atoms with Crippen LogP contribution in [0.25, 0.3) is 11.0 Å². The minimum absolute atomic E-state index is 0.0929. The van der Waals surface area contributed by atoms with E-state index in [0.29, 0.717) is 16.7 Å². The predicted octanol–water partition coefficient (Wildman–Crippen LogP) is 5.02. The van der Waals surface area contributed by atoms with Gasteiger partial charge in [-0.15, -0.1) is 13.2 Å². The van der Waals surface area contributed by atoms with Crippen LogP contribution in [0.2, 0.25) is 0 Å². The van der Waals surface area contributed by atoms with Gasteiger partial charge in [0.2, 0.25) is 10.0 Å². The number of hydrogen-bond donors (Lipinski definition) is 1. The summed E-state index contributed by atoms with van der Waals surface area (Å²) in [6.07, 6.45) is -1.02. The first-order valence-corrected chi connectivity index (χ1v) is 10.5. The Morgan fingerprint density at radius 2 is 1.90 bits per heavy atom. The molecule has 0 bridgehead atoms. The second-order valence-corrected chi connectivity index (χ2v) is 10.3. The lowest BCUT2D eigenvalue weighted by Gasteiger charge is -2.28. The molecule has 170 valence electrons. The van der Waals surface area contributed by atoms with Gasteiger partial charge in [0.1, 0.15) is 11.5 Å². The van der Waals surface area contributed by atoms with Gasteiger partial charge < -0.3 is 14.5 Å². The smallest absolute Gasteiger partial charge is 0.426 e. The van der Waals surface area contributed by atoms with Crippen LogP contribution in [0.1, 0.15) is 27.7 Å². The first-order valence-electron chi connectivity index (χ1n) is 9.06. The molecule has 7 nitrogen and oxygen atoms in total. The van der Waals surface area contributed by atoms with Crippen LogP contribution in [0.3, 0.4) is 0 Å². The van der Waals surface area contributed by atoms with E-state index in [2.05, 4.69) is 21.3 Å². The van der Waals surface area contributed by atoms with Crippen LogP contribution in [-0.2, 0) is 14.8 Å². The van der Waals surface area contributed by atoms with Crippen molar-refractivity contribution in [2.45, 2.75) is 38.8 Å². The number of anilines is 1. The Hall–Kier alpha value is -2.95. The highest BCUT2D eigenvalue weighted by molar-refractivity contribution is 7.94. The number of allylic oxidation sites excluding steroid dienone is 4. The summed E-state index contributed by atoms with van der Waals surface area (Å²) in [5.41, 5.74) is 1.51. The number of nitrogens with one attached hydrogen (secondary N) is 1. The van der Waals surface area contributed by atoms with E-state index in [1.54, 1.807) is 39.0 Å². The quantitative estimate of drug-likeness (QED) is 0.464. The molecule has 1 aromatic heterocycles. The number of halogens is 3. The van der Waals surface area contributed by atoms with Crippen molar-refractivity contribution in [2.75, 3.05) is 11.4 Å². The number of alkyl halides is 3. The molecule has 0 aliphatic carbocycles. The monoisotopic (exact) mass is 459 g/mol. The summed E-state index contributed by atoms with van der Waals surface area (Å²) in [4.78, 5) is 7.16. The van der Waals surface area contributed by atoms with Crippen LogP contribution in [0.4, 0.5) is 18.9 Å². The third-order valence-corrected chi connectivity index (χ3v) is 6.54. The van der Waals surface area contributed by atoms with Gasteiger partial charge in [0.05, 0.1) is 21.5 Å². The summed E-state index contributed by atoms with van der Waals surface area (Å²) >= 11 is 0. The average Bonchev–Trinajstić information content (AvgIpc) is 2.99. The predicted molar refractivity (Wildman–Crippen MR) is 113 cm³/mol. The number of ether oxygens (including phenoxy) is 2. The Morgan fingerprint density at radius 1 is 1.26 bits per heavy atom. The zero-order chi connectivity index (χ0) is 23.6. The molecule has 0 spiro atoms. The van der Waals surface area contributed by atoms with E-state index in [1.807, 2.05) is 0 Å². The minimum atomic E-state index is -4.75. The molecular weight excluding hydrogens is 435 g/mol. The number of benzene rings is 1. The summed E-state index contributed by atoms with van der Waals surface area (Å²) in [6, 6.07) is 4.99. The number of rotatable bonds is 7. The first-order chi connectivity index (χ1) is 14.1. The fourth-order valence-corrected chi connectivity index (χ4v) is 3.64. The van der Waals surface area contributed by atoms with Gasteiger partial charge in [0.25, 0.3) is 6.01 Å². The van der Waals surface area contributed by atoms with Crippen LogP contribution in [0, 0.1) is 0 Å². The van der Waals surface area contributed by atoms with E-state index in [0.717, 1.165) is 13.0 Å². The van der Waals surface area contributed by atoms with Gasteiger partial charge in [-0.25, -0.2) is 8.42 Å². The maximum Gasteiger partial charge on any atom is 0.572 e. The maximum atomic E-state index is 12.6. The van der Waals surface area contributed by atoms with Crippen LogP contribution >= 0.6 is 0 Å². The molecule has 31 heavy (non-hydrogen) atoms. The summed E-state index contributed by atoms with van der Waals surface area (Å²) in [5.74, 6) is -0.232. The molecule has 2 aromatic rings. The molecule has 0 unspecified atom stereocenters. The van der Waals surface area contributed by atoms with Crippen molar-refractivity contribution < 1.29 is 31.1 Å². The van der Waals surface area contributed by atoms with Gasteiger partial charge in [-0.3, -0.25) is 4.31 Å². The fourth-order valence-electron chi connectivity index (χ4n) is 2.43. The molecule has 0 saturated carbocycles. The van der Waals surface area contributed by atoms with Gasteiger partial charge in [-0.05, 0) is 58.0 Å². The van der Waals surface area contributed by atoms with Crippen LogP contribution in [0.5, 0.6) is 6.01 Å². The van der Waals surface area contributed by atoms with Crippen molar-refractivity contribution >= 4 is 26.7 Å². The number of fused-ring (bicyclic) bond motifs is 1. The zero-order valence-corrected chi connectivity index (χ0v) is 18.6. The normalized spacial score (nSPS) is 13.6. The molecule has 1 aromatic carbocycles. The molecule has 0 amide bonds. The number of hydrogen-bond acceptors (Lipinski definition) is 5. The molecule has 0 aliphatic heterocycles. The van der Waals surface area contributed by atoms with Gasteiger partial charge in [0.15, 0.2) is 0 Å². The molecular formula is C20H24F3N3O4S. The molecule has 0 aliphatic rings. The van der Waals surface area contributed by atoms with E-state index in [9.17, 15) is 21.6 Å². The Labute approximate surface area is 178 Å². The van der Waals surface area contributed by atoms with Gasteiger partial charge in [-0.1, -0.05) is 12.7 Å². The highest BCUT2D eigenvalue weighted by atomic mass is 32.2. The molecule has 11 heteroatoms. The molecule has 2 rings (SSSR count). The SMILES string of the molecule is C=C(/C=C\C=C(/C)OC(F)(F)F)Oc1nc2cc(N(C)S(=O)(=O)C(C)(C)C)ccc2[nH]1. The van der Waals surface area contributed by atoms with Crippen molar-refractivity contribution in [3.8, 4) is 6.01 Å². The topological polar surface area (TPSA) is 84.5 Å². The standard InChI is InChI=1S/C20H24F3N3O4S/c1-13(8-7-9-14(2)30-20(21,22)23)29-18-24-16-11-10-15(12-17(16)25-18)26(6)31(27,28)19(3,4)5/h7-12H,1H2,2-6H3,(H,24,25)/b8-7-,14-9+. The van der Waals surface area contributed by atoms with Crippen molar-refractivity contribution in [1.82, 2.24) is 9.97 Å². The van der Waals surface area contributed by atoms with Gasteiger partial charge in [-0.2, -0.15) is 4.98 Å². The third kappa shape index (κ3) is 6.27. The number of aromatic nitrogens is 2. The number of imidazole rings is 1. The second-order valence-electron chi connectivity index (χ2n) is 7.58. The van der Waals surface area contributed by atoms with Gasteiger partial charge in [0, 0.05) is 7.05 Å². The highest BCUT2D eigenvalue weighted by Crippen LogP contribution is 2.28. The average molecular weight is 459 g/mol. The van der Waals surface area contributed by atoms with Crippen molar-refractivity contribution in [1.29, 1.82) is 0 Å². The van der Waals surface area contributed by atoms with Gasteiger partial charge >= 0.3 is 6.36 Å².